The summed E-state index contributed by atoms with van der Waals surface area (Å²) in [5.74, 6) is -3.43. The summed E-state index contributed by atoms with van der Waals surface area (Å²) in [5.41, 5.74) is 5.47. The fraction of sp³-hybridized carbons (Fsp3) is 0.500. The maximum Gasteiger partial charge on any atom is 0.341 e. The van der Waals surface area contributed by atoms with E-state index in [1.165, 1.54) is 18.2 Å². The molecule has 108 valence electrons. The first-order valence-corrected chi connectivity index (χ1v) is 7.30. The Hall–Kier alpha value is -1.21. The van der Waals surface area contributed by atoms with E-state index in [-0.39, 0.29) is 11.1 Å². The number of anilines is 1. The van der Waals surface area contributed by atoms with E-state index in [0.717, 1.165) is 0 Å². The van der Waals surface area contributed by atoms with Gasteiger partial charge >= 0.3 is 5.76 Å². The molecule has 3 N–H and O–H groups in total. The van der Waals surface area contributed by atoms with E-state index >= 15 is 0 Å². The molecule has 0 atom stereocenters. The van der Waals surface area contributed by atoms with Gasteiger partial charge in [-0.1, -0.05) is 26.0 Å². The van der Waals surface area contributed by atoms with Crippen molar-refractivity contribution in [3.63, 3.8) is 0 Å². The third kappa shape index (κ3) is 3.87. The number of benzene rings is 1. The molecule has 0 bridgehead atoms. The quantitative estimate of drug-likeness (QED) is 0.842. The predicted molar refractivity (Wildman–Crippen MR) is 71.0 cm³/mol. The molecular formula is C12H18F2N2O2S. The molecule has 0 spiro atoms. The smallest absolute Gasteiger partial charge is 0.341 e. The van der Waals surface area contributed by atoms with Crippen LogP contribution in [-0.2, 0) is 9.84 Å². The van der Waals surface area contributed by atoms with Crippen molar-refractivity contribution < 1.29 is 17.2 Å². The maximum absolute atomic E-state index is 12.6. The second kappa shape index (κ2) is 5.83. The minimum absolute atomic E-state index is 0.171. The fourth-order valence-electron chi connectivity index (χ4n) is 1.36. The van der Waals surface area contributed by atoms with Crippen LogP contribution >= 0.6 is 0 Å². The monoisotopic (exact) mass is 292 g/mol. The molecule has 0 fully saturated rings. The Morgan fingerprint density at radius 3 is 2.42 bits per heavy atom. The van der Waals surface area contributed by atoms with Crippen molar-refractivity contribution in [1.82, 2.24) is 0 Å². The lowest BCUT2D eigenvalue weighted by molar-refractivity contribution is 0.235. The summed E-state index contributed by atoms with van der Waals surface area (Å²) in [6.07, 6.45) is 0. The number of para-hydroxylation sites is 1. The average molecular weight is 292 g/mol. The van der Waals surface area contributed by atoms with Gasteiger partial charge in [-0.3, -0.25) is 0 Å². The molecule has 0 saturated heterocycles. The van der Waals surface area contributed by atoms with Crippen molar-refractivity contribution in [1.29, 1.82) is 0 Å². The van der Waals surface area contributed by atoms with Crippen LogP contribution in [0.5, 0.6) is 0 Å². The van der Waals surface area contributed by atoms with Crippen molar-refractivity contribution in [3.05, 3.63) is 24.3 Å². The molecule has 1 aromatic carbocycles. The SMILES string of the molecule is CC(C)(CN)CNc1ccccc1S(=O)(=O)C(F)F. The Labute approximate surface area is 111 Å². The summed E-state index contributed by atoms with van der Waals surface area (Å²) < 4.78 is 48.2. The highest BCUT2D eigenvalue weighted by atomic mass is 32.2. The molecular weight excluding hydrogens is 274 g/mol. The lowest BCUT2D eigenvalue weighted by Crippen LogP contribution is -2.31. The van der Waals surface area contributed by atoms with Crippen molar-refractivity contribution in [2.24, 2.45) is 11.1 Å². The molecule has 0 aromatic heterocycles. The molecule has 1 rings (SSSR count). The maximum atomic E-state index is 12.6. The zero-order chi connectivity index (χ0) is 14.7. The van der Waals surface area contributed by atoms with E-state index in [9.17, 15) is 17.2 Å². The van der Waals surface area contributed by atoms with Gasteiger partial charge in [0.1, 0.15) is 0 Å². The normalized spacial score (nSPS) is 12.7. The van der Waals surface area contributed by atoms with Crippen molar-refractivity contribution >= 4 is 15.5 Å². The van der Waals surface area contributed by atoms with Gasteiger partial charge in [0.05, 0.1) is 10.6 Å². The van der Waals surface area contributed by atoms with E-state index in [2.05, 4.69) is 5.32 Å². The molecule has 0 aliphatic rings. The molecule has 0 heterocycles. The predicted octanol–water partition coefficient (Wildman–Crippen LogP) is 2.08. The van der Waals surface area contributed by atoms with Crippen molar-refractivity contribution in [2.45, 2.75) is 24.5 Å². The average Bonchev–Trinajstić information content (AvgIpc) is 2.36. The Kier molecular flexibility index (Phi) is 4.86. The lowest BCUT2D eigenvalue weighted by Gasteiger charge is -2.24. The van der Waals surface area contributed by atoms with E-state index in [0.29, 0.717) is 13.1 Å². The van der Waals surface area contributed by atoms with Crippen LogP contribution in [0.4, 0.5) is 14.5 Å². The highest BCUT2D eigenvalue weighted by molar-refractivity contribution is 7.91. The molecule has 0 amide bonds. The zero-order valence-electron chi connectivity index (χ0n) is 10.9. The van der Waals surface area contributed by atoms with Crippen LogP contribution in [-0.4, -0.2) is 27.3 Å². The number of nitrogens with one attached hydrogen (secondary N) is 1. The standard InChI is InChI=1S/C12H18F2N2O2S/c1-12(2,7-15)8-16-9-5-3-4-6-10(9)19(17,18)11(13)14/h3-6,11,16H,7-8,15H2,1-2H3. The molecule has 0 saturated carbocycles. The van der Waals surface area contributed by atoms with Gasteiger partial charge in [0, 0.05) is 6.54 Å². The molecule has 19 heavy (non-hydrogen) atoms. The van der Waals surface area contributed by atoms with Crippen LogP contribution in [0.3, 0.4) is 0 Å². The third-order valence-electron chi connectivity index (χ3n) is 2.74. The van der Waals surface area contributed by atoms with E-state index in [1.54, 1.807) is 6.07 Å². The minimum Gasteiger partial charge on any atom is -0.383 e. The molecule has 4 nitrogen and oxygen atoms in total. The van der Waals surface area contributed by atoms with E-state index in [4.69, 9.17) is 5.73 Å². The van der Waals surface area contributed by atoms with Gasteiger partial charge in [-0.15, -0.1) is 0 Å². The van der Waals surface area contributed by atoms with Crippen LogP contribution in [0.15, 0.2) is 29.2 Å². The van der Waals surface area contributed by atoms with Crippen LogP contribution < -0.4 is 11.1 Å². The van der Waals surface area contributed by atoms with Gasteiger partial charge in [0.2, 0.25) is 9.84 Å². The Morgan fingerprint density at radius 1 is 1.32 bits per heavy atom. The lowest BCUT2D eigenvalue weighted by atomic mass is 9.94. The molecule has 7 heteroatoms. The van der Waals surface area contributed by atoms with Gasteiger partial charge in [-0.25, -0.2) is 8.42 Å². The van der Waals surface area contributed by atoms with Crippen LogP contribution in [0.25, 0.3) is 0 Å². The summed E-state index contributed by atoms with van der Waals surface area (Å²) in [6, 6.07) is 5.62. The minimum atomic E-state index is -4.61. The van der Waals surface area contributed by atoms with Crippen LogP contribution in [0, 0.1) is 5.41 Å². The first kappa shape index (κ1) is 15.8. The number of rotatable bonds is 6. The summed E-state index contributed by atoms with van der Waals surface area (Å²) in [6.45, 7) is 4.57. The van der Waals surface area contributed by atoms with Gasteiger partial charge in [0.15, 0.2) is 0 Å². The molecule has 1 aromatic rings. The summed E-state index contributed by atoms with van der Waals surface area (Å²) >= 11 is 0. The highest BCUT2D eigenvalue weighted by Gasteiger charge is 2.29. The Morgan fingerprint density at radius 2 is 1.89 bits per heavy atom. The fourth-order valence-corrected chi connectivity index (χ4v) is 2.27. The van der Waals surface area contributed by atoms with E-state index < -0.39 is 20.5 Å². The third-order valence-corrected chi connectivity index (χ3v) is 4.18. The van der Waals surface area contributed by atoms with Gasteiger partial charge in [0.25, 0.3) is 0 Å². The summed E-state index contributed by atoms with van der Waals surface area (Å²) in [7, 11) is -4.61. The summed E-state index contributed by atoms with van der Waals surface area (Å²) in [5, 5.41) is 2.87. The zero-order valence-corrected chi connectivity index (χ0v) is 11.7. The molecule has 0 aliphatic heterocycles. The number of alkyl halides is 2. The van der Waals surface area contributed by atoms with Crippen LogP contribution in [0.1, 0.15) is 13.8 Å². The Balaban J connectivity index is 3.05. The molecule has 0 unspecified atom stereocenters. The molecule has 0 aliphatic carbocycles. The second-order valence-corrected chi connectivity index (χ2v) is 6.91. The summed E-state index contributed by atoms with van der Waals surface area (Å²) in [4.78, 5) is -0.391. The molecule has 0 radical (unpaired) electrons. The number of hydrogen-bond donors (Lipinski definition) is 2. The van der Waals surface area contributed by atoms with Gasteiger partial charge in [-0.2, -0.15) is 8.78 Å². The number of hydrogen-bond acceptors (Lipinski definition) is 4. The number of nitrogens with two attached hydrogens (primary N) is 1. The van der Waals surface area contributed by atoms with Crippen molar-refractivity contribution in [2.75, 3.05) is 18.4 Å². The van der Waals surface area contributed by atoms with Gasteiger partial charge in [-0.05, 0) is 24.1 Å². The largest absolute Gasteiger partial charge is 0.383 e. The highest BCUT2D eigenvalue weighted by Crippen LogP contribution is 2.27. The van der Waals surface area contributed by atoms with Gasteiger partial charge < -0.3 is 11.1 Å². The first-order valence-electron chi connectivity index (χ1n) is 5.76. The topological polar surface area (TPSA) is 72.2 Å². The number of halogens is 2. The van der Waals surface area contributed by atoms with Crippen molar-refractivity contribution in [3.8, 4) is 0 Å². The Bertz CT molecular complexity index is 530. The number of sulfone groups is 1. The van der Waals surface area contributed by atoms with Crippen LogP contribution in [0.2, 0.25) is 0 Å². The second-order valence-electron chi connectivity index (χ2n) is 5.02. The van der Waals surface area contributed by atoms with E-state index in [1.807, 2.05) is 13.8 Å². The first-order chi connectivity index (χ1) is 8.70.